The fraction of sp³-hybridized carbons (Fsp3) is 0.0976. The average Bonchev–Trinajstić information content (AvgIpc) is 3.69. The number of imide groups is 2. The second-order valence-corrected chi connectivity index (χ2v) is 13.5. The number of imidazole rings is 1. The maximum Gasteiger partial charge on any atom is 0.335 e. The maximum atomic E-state index is 14.3. The van der Waals surface area contributed by atoms with E-state index in [-0.39, 0.29) is 24.9 Å². The Bertz CT molecular complexity index is 3170. The molecule has 0 atom stereocenters. The van der Waals surface area contributed by atoms with Crippen molar-refractivity contribution in [1.29, 1.82) is 0 Å². The first-order valence-corrected chi connectivity index (χ1v) is 16.9. The molecule has 0 aliphatic carbocycles. The van der Waals surface area contributed by atoms with Crippen LogP contribution in [0.25, 0.3) is 81.3 Å². The highest BCUT2D eigenvalue weighted by Crippen LogP contribution is 2.46. The lowest BCUT2D eigenvalue weighted by Gasteiger charge is -2.28. The van der Waals surface area contributed by atoms with E-state index in [9.17, 15) is 28.8 Å². The minimum atomic E-state index is -0.903. The van der Waals surface area contributed by atoms with Crippen molar-refractivity contribution < 1.29 is 28.8 Å². The third-order valence-electron chi connectivity index (χ3n) is 10.8. The largest absolute Gasteiger partial charge is 0.335 e. The molecule has 1 saturated heterocycles. The predicted octanol–water partition coefficient (Wildman–Crippen LogP) is 6.24. The van der Waals surface area contributed by atoms with Gasteiger partial charge in [-0.1, -0.05) is 48.5 Å². The standard InChI is InChI=1S/C41H22N4O7/c46-31-13-14-32(47)45(31)52-33(48)15-16-43-39(49)26-10-6-23-21-5-9-25-36-28(12-8-22(34(21)36)24-7-11-27(40(43)50)37(26)35(23)24)41(51)44-30-18-20-4-2-1-3-19(20)17-29(30)42-38(25)44/h1-12,17-18H,13-16H2. The fourth-order valence-corrected chi connectivity index (χ4v) is 8.47. The molecule has 2 aliphatic heterocycles. The second-order valence-electron chi connectivity index (χ2n) is 13.5. The molecule has 11 heteroatoms. The summed E-state index contributed by atoms with van der Waals surface area (Å²) in [5, 5.41) is 10.4. The Balaban J connectivity index is 1.08. The van der Waals surface area contributed by atoms with Gasteiger partial charge in [-0.15, -0.1) is 5.06 Å². The van der Waals surface area contributed by atoms with Crippen molar-refractivity contribution in [3.8, 4) is 0 Å². The summed E-state index contributed by atoms with van der Waals surface area (Å²) >= 11 is 0. The van der Waals surface area contributed by atoms with Gasteiger partial charge in [0, 0.05) is 52.1 Å². The van der Waals surface area contributed by atoms with Gasteiger partial charge in [0.05, 0.1) is 17.5 Å². The number of hydrogen-bond donors (Lipinski definition) is 0. The van der Waals surface area contributed by atoms with Crippen molar-refractivity contribution in [2.75, 3.05) is 6.54 Å². The first kappa shape index (κ1) is 28.8. The van der Waals surface area contributed by atoms with Gasteiger partial charge in [-0.3, -0.25) is 33.3 Å². The zero-order chi connectivity index (χ0) is 35.2. The Morgan fingerprint density at radius 3 is 1.83 bits per heavy atom. The van der Waals surface area contributed by atoms with Crippen LogP contribution in [-0.2, 0) is 19.2 Å². The Labute approximate surface area is 290 Å². The quantitative estimate of drug-likeness (QED) is 0.121. The number of pyridine rings is 1. The van der Waals surface area contributed by atoms with Crippen molar-refractivity contribution in [3.63, 3.8) is 0 Å². The van der Waals surface area contributed by atoms with Crippen LogP contribution in [-0.4, -0.2) is 55.5 Å². The number of hydrogen-bond acceptors (Lipinski definition) is 8. The summed E-state index contributed by atoms with van der Waals surface area (Å²) in [5.74, 6) is -3.25. The SMILES string of the molecule is O=C(CCN1C(=O)c2ccc3c4ccc5c(=O)n6c7cc8ccccc8cc7nc6c6ccc(c7ccc(c2c37)C1=O)c4c56)ON1C(=O)CCC1=O. The van der Waals surface area contributed by atoms with Crippen molar-refractivity contribution in [2.24, 2.45) is 0 Å². The lowest BCUT2D eigenvalue weighted by Crippen LogP contribution is -2.42. The van der Waals surface area contributed by atoms with E-state index in [2.05, 4.69) is 0 Å². The molecule has 0 unspecified atom stereocenters. The first-order chi connectivity index (χ1) is 25.3. The minimum absolute atomic E-state index is 0.0418. The third-order valence-corrected chi connectivity index (χ3v) is 10.8. The molecule has 1 fully saturated rings. The second kappa shape index (κ2) is 9.82. The maximum absolute atomic E-state index is 14.3. The lowest BCUT2D eigenvalue weighted by molar-refractivity contribution is -0.197. The number of aromatic nitrogens is 2. The summed E-state index contributed by atoms with van der Waals surface area (Å²) in [5.41, 5.74) is 2.55. The fourth-order valence-electron chi connectivity index (χ4n) is 8.47. The molecule has 11 rings (SSSR count). The molecule has 7 aromatic carbocycles. The van der Waals surface area contributed by atoms with E-state index >= 15 is 0 Å². The van der Waals surface area contributed by atoms with Gasteiger partial charge in [0.2, 0.25) is 0 Å². The molecule has 0 N–H and O–H groups in total. The molecular formula is C41H22N4O7. The van der Waals surface area contributed by atoms with E-state index in [1.807, 2.05) is 72.8 Å². The molecule has 52 heavy (non-hydrogen) atoms. The summed E-state index contributed by atoms with van der Waals surface area (Å²) in [6, 6.07) is 27.0. The zero-order valence-electron chi connectivity index (χ0n) is 27.1. The molecule has 2 aliphatic rings. The van der Waals surface area contributed by atoms with Crippen LogP contribution in [0.15, 0.2) is 89.7 Å². The van der Waals surface area contributed by atoms with Crippen LogP contribution in [0.4, 0.5) is 0 Å². The Morgan fingerprint density at radius 2 is 1.17 bits per heavy atom. The third kappa shape index (κ3) is 3.56. The van der Waals surface area contributed by atoms with E-state index in [0.717, 1.165) is 69.8 Å². The van der Waals surface area contributed by atoms with E-state index in [1.165, 1.54) is 0 Å². The van der Waals surface area contributed by atoms with Gasteiger partial charge in [-0.05, 0) is 79.5 Å². The van der Waals surface area contributed by atoms with E-state index in [4.69, 9.17) is 9.82 Å². The summed E-state index contributed by atoms with van der Waals surface area (Å²) in [6.45, 7) is -0.292. The topological polar surface area (TPSA) is 135 Å². The molecule has 0 saturated carbocycles. The average molecular weight is 683 g/mol. The van der Waals surface area contributed by atoms with Crippen LogP contribution in [0.2, 0.25) is 0 Å². The van der Waals surface area contributed by atoms with Gasteiger partial charge in [0.15, 0.2) is 0 Å². The van der Waals surface area contributed by atoms with Gasteiger partial charge >= 0.3 is 5.97 Å². The summed E-state index contributed by atoms with van der Waals surface area (Å²) in [7, 11) is 0. The van der Waals surface area contributed by atoms with Crippen LogP contribution in [0.5, 0.6) is 0 Å². The Morgan fingerprint density at radius 1 is 0.635 bits per heavy atom. The van der Waals surface area contributed by atoms with Crippen LogP contribution in [0.3, 0.4) is 0 Å². The lowest BCUT2D eigenvalue weighted by atomic mass is 9.84. The number of carbonyl (C=O) groups is 5. The number of rotatable bonds is 4. The number of nitrogens with zero attached hydrogens (tertiary/aromatic N) is 4. The summed E-state index contributed by atoms with van der Waals surface area (Å²) in [6.07, 6.45) is -0.480. The molecule has 2 aromatic heterocycles. The number of amides is 4. The molecule has 9 aromatic rings. The van der Waals surface area contributed by atoms with Gasteiger partial charge < -0.3 is 4.84 Å². The molecule has 0 spiro atoms. The zero-order valence-corrected chi connectivity index (χ0v) is 27.1. The van der Waals surface area contributed by atoms with Crippen LogP contribution >= 0.6 is 0 Å². The Hall–Kier alpha value is -7.01. The Kier molecular flexibility index (Phi) is 5.44. The van der Waals surface area contributed by atoms with Crippen molar-refractivity contribution in [2.45, 2.75) is 19.3 Å². The highest BCUT2D eigenvalue weighted by molar-refractivity contribution is 6.41. The van der Waals surface area contributed by atoms with Crippen molar-refractivity contribution in [1.82, 2.24) is 19.3 Å². The number of benzene rings is 7. The van der Waals surface area contributed by atoms with Crippen LogP contribution in [0, 0.1) is 0 Å². The number of hydroxylamine groups is 2. The molecule has 4 heterocycles. The van der Waals surface area contributed by atoms with E-state index < -0.39 is 36.0 Å². The normalized spacial score (nSPS) is 15.2. The molecular weight excluding hydrogens is 660 g/mol. The number of carbonyl (C=O) groups excluding carboxylic acids is 5. The smallest absolute Gasteiger partial charge is 0.330 e. The first-order valence-electron chi connectivity index (χ1n) is 16.9. The number of fused-ring (bicyclic) bond motifs is 7. The van der Waals surface area contributed by atoms with Gasteiger partial charge in [-0.25, -0.2) is 9.78 Å². The van der Waals surface area contributed by atoms with Crippen molar-refractivity contribution in [3.05, 3.63) is 106 Å². The van der Waals surface area contributed by atoms with Gasteiger partial charge in [0.1, 0.15) is 5.65 Å². The monoisotopic (exact) mass is 682 g/mol. The van der Waals surface area contributed by atoms with Gasteiger partial charge in [-0.2, -0.15) is 0 Å². The summed E-state index contributed by atoms with van der Waals surface area (Å²) in [4.78, 5) is 89.2. The summed E-state index contributed by atoms with van der Waals surface area (Å²) < 4.78 is 1.71. The van der Waals surface area contributed by atoms with E-state index in [1.54, 1.807) is 16.5 Å². The molecule has 0 radical (unpaired) electrons. The van der Waals surface area contributed by atoms with Crippen LogP contribution < -0.4 is 5.56 Å². The molecule has 4 amide bonds. The minimum Gasteiger partial charge on any atom is -0.330 e. The van der Waals surface area contributed by atoms with E-state index in [0.29, 0.717) is 32.6 Å². The molecule has 0 bridgehead atoms. The molecule has 248 valence electrons. The van der Waals surface area contributed by atoms with Crippen molar-refractivity contribution >= 4 is 111 Å². The van der Waals surface area contributed by atoms with Gasteiger partial charge in [0.25, 0.3) is 29.2 Å². The van der Waals surface area contributed by atoms with Crippen LogP contribution in [0.1, 0.15) is 40.0 Å². The highest BCUT2D eigenvalue weighted by atomic mass is 16.7. The predicted molar refractivity (Wildman–Crippen MR) is 194 cm³/mol. The molecule has 11 nitrogen and oxygen atoms in total. The highest BCUT2D eigenvalue weighted by Gasteiger charge is 2.36.